The number of nitrogens with zero attached hydrogens (tertiary/aromatic N) is 2. The number of nitrogens with one attached hydrogen (secondary N) is 1. The van der Waals surface area contributed by atoms with Crippen molar-refractivity contribution in [2.75, 3.05) is 17.1 Å². The minimum atomic E-state index is -3.55. The van der Waals surface area contributed by atoms with Gasteiger partial charge in [-0.2, -0.15) is 0 Å². The van der Waals surface area contributed by atoms with Crippen molar-refractivity contribution in [3.63, 3.8) is 0 Å². The van der Waals surface area contributed by atoms with E-state index in [-0.39, 0.29) is 37.4 Å². The van der Waals surface area contributed by atoms with Crippen LogP contribution in [0.1, 0.15) is 49.8 Å². The van der Waals surface area contributed by atoms with Crippen molar-refractivity contribution in [2.24, 2.45) is 0 Å². The Balaban J connectivity index is 1.87. The molecule has 2 atom stereocenters. The van der Waals surface area contributed by atoms with E-state index in [0.717, 1.165) is 23.1 Å². The number of amides is 2. The predicted octanol–water partition coefficient (Wildman–Crippen LogP) is 5.10. The van der Waals surface area contributed by atoms with Gasteiger partial charge in [-0.25, -0.2) is 8.42 Å². The third kappa shape index (κ3) is 8.95. The predicted molar refractivity (Wildman–Crippen MR) is 161 cm³/mol. The van der Waals surface area contributed by atoms with Crippen LogP contribution in [0.3, 0.4) is 0 Å². The standard InChI is InChI=1S/C32H41N3O4S/c1-5-26(3)33-32(37)30(23-27-16-8-6-9-17-27)34(24-28-18-10-7-11-19-28)31(36)21-14-22-35(40(4,38)39)29-20-13-12-15-25(29)2/h6-13,15-20,26,30H,5,14,21-24H2,1-4H3,(H,33,37). The maximum Gasteiger partial charge on any atom is 0.243 e. The molecule has 1 N–H and O–H groups in total. The van der Waals surface area contributed by atoms with E-state index in [1.165, 1.54) is 10.6 Å². The van der Waals surface area contributed by atoms with Crippen molar-refractivity contribution in [1.82, 2.24) is 10.2 Å². The van der Waals surface area contributed by atoms with Crippen LogP contribution in [0.5, 0.6) is 0 Å². The fourth-order valence-corrected chi connectivity index (χ4v) is 5.62. The van der Waals surface area contributed by atoms with E-state index >= 15 is 0 Å². The summed E-state index contributed by atoms with van der Waals surface area (Å²) in [4.78, 5) is 29.1. The molecule has 8 heteroatoms. The number of sulfonamides is 1. The Labute approximate surface area is 239 Å². The number of benzene rings is 3. The van der Waals surface area contributed by atoms with Gasteiger partial charge in [0.05, 0.1) is 11.9 Å². The zero-order valence-electron chi connectivity index (χ0n) is 23.9. The number of para-hydroxylation sites is 1. The lowest BCUT2D eigenvalue weighted by Gasteiger charge is -2.32. The van der Waals surface area contributed by atoms with E-state index in [1.54, 1.807) is 17.0 Å². The van der Waals surface area contributed by atoms with Crippen LogP contribution in [-0.4, -0.2) is 50.0 Å². The van der Waals surface area contributed by atoms with E-state index < -0.39 is 16.1 Å². The summed E-state index contributed by atoms with van der Waals surface area (Å²) in [7, 11) is -3.55. The van der Waals surface area contributed by atoms with Gasteiger partial charge in [0.1, 0.15) is 6.04 Å². The SMILES string of the molecule is CCC(C)NC(=O)C(Cc1ccccc1)N(Cc1ccccc1)C(=O)CCCN(c1ccccc1C)S(C)(=O)=O. The maximum absolute atomic E-state index is 13.9. The summed E-state index contributed by atoms with van der Waals surface area (Å²) in [6.07, 6.45) is 2.75. The normalized spacial score (nSPS) is 12.8. The quantitative estimate of drug-likeness (QED) is 0.296. The molecule has 3 rings (SSSR count). The second-order valence-electron chi connectivity index (χ2n) is 10.3. The number of hydrogen-bond acceptors (Lipinski definition) is 4. The van der Waals surface area contributed by atoms with Gasteiger partial charge in [0.2, 0.25) is 21.8 Å². The highest BCUT2D eigenvalue weighted by atomic mass is 32.2. The number of rotatable bonds is 14. The first-order valence-corrected chi connectivity index (χ1v) is 15.7. The number of carbonyl (C=O) groups is 2. The van der Waals surface area contributed by atoms with Gasteiger partial charge in [-0.05, 0) is 49.4 Å². The van der Waals surface area contributed by atoms with Crippen molar-refractivity contribution in [3.05, 3.63) is 102 Å². The van der Waals surface area contributed by atoms with Crippen LogP contribution in [0.25, 0.3) is 0 Å². The topological polar surface area (TPSA) is 86.8 Å². The van der Waals surface area contributed by atoms with Gasteiger partial charge < -0.3 is 10.2 Å². The molecule has 0 aliphatic carbocycles. The smallest absolute Gasteiger partial charge is 0.243 e. The molecule has 0 fully saturated rings. The van der Waals surface area contributed by atoms with Gasteiger partial charge in [-0.15, -0.1) is 0 Å². The Morgan fingerprint density at radius 1 is 0.875 bits per heavy atom. The lowest BCUT2D eigenvalue weighted by Crippen LogP contribution is -2.52. The zero-order valence-corrected chi connectivity index (χ0v) is 24.7. The molecule has 0 aliphatic heterocycles. The fourth-order valence-electron chi connectivity index (χ4n) is 4.60. The van der Waals surface area contributed by atoms with Gasteiger partial charge in [-0.3, -0.25) is 13.9 Å². The van der Waals surface area contributed by atoms with Crippen molar-refractivity contribution in [3.8, 4) is 0 Å². The number of carbonyl (C=O) groups excluding carboxylic acids is 2. The van der Waals surface area contributed by atoms with E-state index in [4.69, 9.17) is 0 Å². The molecular formula is C32H41N3O4S. The molecule has 0 aromatic heterocycles. The molecule has 0 heterocycles. The summed E-state index contributed by atoms with van der Waals surface area (Å²) < 4.78 is 26.6. The number of hydrogen-bond donors (Lipinski definition) is 1. The van der Waals surface area contributed by atoms with Crippen LogP contribution in [-0.2, 0) is 32.6 Å². The Bertz CT molecular complexity index is 1350. The average molecular weight is 564 g/mol. The third-order valence-corrected chi connectivity index (χ3v) is 8.18. The Kier molecular flexibility index (Phi) is 11.3. The fraction of sp³-hybridized carbons (Fsp3) is 0.375. The number of aryl methyl sites for hydroxylation is 1. The van der Waals surface area contributed by atoms with Crippen molar-refractivity contribution in [1.29, 1.82) is 0 Å². The van der Waals surface area contributed by atoms with Gasteiger partial charge in [0, 0.05) is 32.0 Å². The highest BCUT2D eigenvalue weighted by Gasteiger charge is 2.31. The lowest BCUT2D eigenvalue weighted by atomic mass is 10.0. The summed E-state index contributed by atoms with van der Waals surface area (Å²) >= 11 is 0. The molecule has 0 aliphatic rings. The summed E-state index contributed by atoms with van der Waals surface area (Å²) in [6.45, 7) is 6.26. The molecule has 2 unspecified atom stereocenters. The van der Waals surface area contributed by atoms with Gasteiger partial charge >= 0.3 is 0 Å². The Morgan fingerprint density at radius 2 is 1.45 bits per heavy atom. The van der Waals surface area contributed by atoms with Gasteiger partial charge in [0.25, 0.3) is 0 Å². The molecule has 7 nitrogen and oxygen atoms in total. The largest absolute Gasteiger partial charge is 0.352 e. The highest BCUT2D eigenvalue weighted by molar-refractivity contribution is 7.92. The zero-order chi connectivity index (χ0) is 29.1. The molecule has 0 spiro atoms. The molecule has 3 aromatic carbocycles. The molecule has 214 valence electrons. The second-order valence-corrected chi connectivity index (χ2v) is 12.2. The summed E-state index contributed by atoms with van der Waals surface area (Å²) in [6, 6.07) is 25.9. The molecule has 0 saturated heterocycles. The van der Waals surface area contributed by atoms with Gasteiger partial charge in [0.15, 0.2) is 0 Å². The minimum Gasteiger partial charge on any atom is -0.352 e. The van der Waals surface area contributed by atoms with Crippen LogP contribution in [0.2, 0.25) is 0 Å². The third-order valence-electron chi connectivity index (χ3n) is 7.00. The Hall–Kier alpha value is -3.65. The summed E-state index contributed by atoms with van der Waals surface area (Å²) in [5, 5.41) is 3.07. The highest BCUT2D eigenvalue weighted by Crippen LogP contribution is 2.23. The van der Waals surface area contributed by atoms with E-state index in [0.29, 0.717) is 18.5 Å². The molecule has 0 radical (unpaired) electrons. The van der Waals surface area contributed by atoms with E-state index in [2.05, 4.69) is 5.32 Å². The van der Waals surface area contributed by atoms with Crippen LogP contribution in [0.15, 0.2) is 84.9 Å². The first-order valence-electron chi connectivity index (χ1n) is 13.8. The molecule has 0 saturated carbocycles. The minimum absolute atomic E-state index is 0.0307. The lowest BCUT2D eigenvalue weighted by molar-refractivity contribution is -0.141. The first-order chi connectivity index (χ1) is 19.1. The average Bonchev–Trinajstić information content (AvgIpc) is 2.93. The van der Waals surface area contributed by atoms with Crippen molar-refractivity contribution >= 4 is 27.5 Å². The first kappa shape index (κ1) is 30.9. The van der Waals surface area contributed by atoms with Crippen molar-refractivity contribution < 1.29 is 18.0 Å². The van der Waals surface area contributed by atoms with Crippen LogP contribution in [0, 0.1) is 6.92 Å². The maximum atomic E-state index is 13.9. The van der Waals surface area contributed by atoms with Crippen molar-refractivity contribution in [2.45, 2.75) is 65.1 Å². The van der Waals surface area contributed by atoms with E-state index in [9.17, 15) is 18.0 Å². The number of anilines is 1. The summed E-state index contributed by atoms with van der Waals surface area (Å²) in [5.41, 5.74) is 3.33. The molecule has 2 amide bonds. The second kappa shape index (κ2) is 14.7. The molecule has 40 heavy (non-hydrogen) atoms. The summed E-state index contributed by atoms with van der Waals surface area (Å²) in [5.74, 6) is -0.387. The molecule has 0 bridgehead atoms. The Morgan fingerprint density at radius 3 is 2.02 bits per heavy atom. The van der Waals surface area contributed by atoms with E-state index in [1.807, 2.05) is 93.6 Å². The molecule has 3 aromatic rings. The van der Waals surface area contributed by atoms with Crippen LogP contribution < -0.4 is 9.62 Å². The monoisotopic (exact) mass is 563 g/mol. The molecular weight excluding hydrogens is 522 g/mol. The van der Waals surface area contributed by atoms with Crippen LogP contribution >= 0.6 is 0 Å². The van der Waals surface area contributed by atoms with Gasteiger partial charge in [-0.1, -0.05) is 85.8 Å². The van der Waals surface area contributed by atoms with Crippen LogP contribution in [0.4, 0.5) is 5.69 Å².